The van der Waals surface area contributed by atoms with Crippen LogP contribution in [0.5, 0.6) is 0 Å². The third-order valence-corrected chi connectivity index (χ3v) is 2.08. The van der Waals surface area contributed by atoms with E-state index in [4.69, 9.17) is 5.73 Å². The van der Waals surface area contributed by atoms with Crippen molar-refractivity contribution in [1.29, 1.82) is 0 Å². The van der Waals surface area contributed by atoms with Crippen LogP contribution in [0.1, 0.15) is 6.42 Å². The summed E-state index contributed by atoms with van der Waals surface area (Å²) in [5.74, 6) is -0.0976. The molecule has 78 valence electrons. The summed E-state index contributed by atoms with van der Waals surface area (Å²) >= 11 is 0. The minimum Gasteiger partial charge on any atom is -0.368 e. The fourth-order valence-corrected chi connectivity index (χ4v) is 1.31. The average Bonchev–Trinajstić information content (AvgIpc) is 2.66. The van der Waals surface area contributed by atoms with Gasteiger partial charge in [-0.3, -0.25) is 4.79 Å². The van der Waals surface area contributed by atoms with Gasteiger partial charge in [-0.15, -0.1) is 0 Å². The van der Waals surface area contributed by atoms with E-state index >= 15 is 0 Å². The number of amides is 1. The maximum atomic E-state index is 11.8. The minimum absolute atomic E-state index is 0.0976. The molecule has 0 bridgehead atoms. The minimum atomic E-state index is -0.0976. The molecule has 0 saturated carbocycles. The first-order valence-electron chi connectivity index (χ1n) is 4.32. The van der Waals surface area contributed by atoms with Crippen LogP contribution in [0.25, 0.3) is 0 Å². The van der Waals surface area contributed by atoms with E-state index in [0.717, 1.165) is 12.0 Å². The van der Waals surface area contributed by atoms with Crippen molar-refractivity contribution in [3.05, 3.63) is 11.6 Å². The standard InChI is InChI=1S/C8H13FN4O/c9-12-8(10)13-4-2-7(5-13)1-3-11-6-14/h2,6H,1,3-5H2,(H2,10,12)(H,11,14). The number of hydrogen-bond donors (Lipinski definition) is 2. The van der Waals surface area contributed by atoms with Crippen LogP contribution in [-0.2, 0) is 4.79 Å². The summed E-state index contributed by atoms with van der Waals surface area (Å²) < 4.78 is 11.8. The van der Waals surface area contributed by atoms with Gasteiger partial charge >= 0.3 is 0 Å². The molecule has 0 aromatic carbocycles. The van der Waals surface area contributed by atoms with Crippen LogP contribution in [0.3, 0.4) is 0 Å². The number of nitrogens with zero attached hydrogens (tertiary/aromatic N) is 2. The summed E-state index contributed by atoms with van der Waals surface area (Å²) in [6.45, 7) is 1.76. The smallest absolute Gasteiger partial charge is 0.227 e. The zero-order valence-corrected chi connectivity index (χ0v) is 7.74. The number of halogens is 1. The largest absolute Gasteiger partial charge is 0.368 e. The Morgan fingerprint density at radius 3 is 3.29 bits per heavy atom. The molecule has 0 atom stereocenters. The molecule has 1 rings (SSSR count). The molecule has 14 heavy (non-hydrogen) atoms. The average molecular weight is 200 g/mol. The van der Waals surface area contributed by atoms with Crippen LogP contribution in [0.15, 0.2) is 16.9 Å². The van der Waals surface area contributed by atoms with E-state index in [-0.39, 0.29) is 5.96 Å². The van der Waals surface area contributed by atoms with Crippen molar-refractivity contribution in [1.82, 2.24) is 10.2 Å². The van der Waals surface area contributed by atoms with Gasteiger partial charge in [-0.1, -0.05) is 21.3 Å². The highest BCUT2D eigenvalue weighted by molar-refractivity contribution is 5.78. The Morgan fingerprint density at radius 2 is 2.64 bits per heavy atom. The van der Waals surface area contributed by atoms with Crippen LogP contribution in [-0.4, -0.2) is 36.9 Å². The fourth-order valence-electron chi connectivity index (χ4n) is 1.31. The molecule has 0 radical (unpaired) electrons. The van der Waals surface area contributed by atoms with E-state index < -0.39 is 0 Å². The number of nitrogens with one attached hydrogen (secondary N) is 1. The highest BCUT2D eigenvalue weighted by Crippen LogP contribution is 2.11. The van der Waals surface area contributed by atoms with Crippen molar-refractivity contribution in [2.75, 3.05) is 19.6 Å². The summed E-state index contributed by atoms with van der Waals surface area (Å²) in [5, 5.41) is 4.97. The van der Waals surface area contributed by atoms with Crippen molar-refractivity contribution >= 4 is 12.4 Å². The normalized spacial score (nSPS) is 16.8. The molecular formula is C8H13FN4O. The lowest BCUT2D eigenvalue weighted by Crippen LogP contribution is -2.35. The van der Waals surface area contributed by atoms with Crippen molar-refractivity contribution in [2.24, 2.45) is 10.9 Å². The number of carbonyl (C=O) groups excluding carboxylic acids is 1. The van der Waals surface area contributed by atoms with Gasteiger partial charge < -0.3 is 16.0 Å². The lowest BCUT2D eigenvalue weighted by Gasteiger charge is -2.15. The highest BCUT2D eigenvalue weighted by Gasteiger charge is 2.15. The third-order valence-electron chi connectivity index (χ3n) is 2.08. The first-order valence-corrected chi connectivity index (χ1v) is 4.32. The van der Waals surface area contributed by atoms with Crippen molar-refractivity contribution < 1.29 is 9.28 Å². The van der Waals surface area contributed by atoms with E-state index in [1.807, 2.05) is 6.08 Å². The summed E-state index contributed by atoms with van der Waals surface area (Å²) in [5.41, 5.74) is 6.42. The van der Waals surface area contributed by atoms with Crippen molar-refractivity contribution in [2.45, 2.75) is 6.42 Å². The Bertz CT molecular complexity index is 264. The number of guanidine groups is 1. The first-order chi connectivity index (χ1) is 6.77. The second-order valence-electron chi connectivity index (χ2n) is 3.01. The number of hydrogen-bond acceptors (Lipinski definition) is 2. The van der Waals surface area contributed by atoms with Gasteiger partial charge in [0.25, 0.3) is 0 Å². The molecule has 1 heterocycles. The van der Waals surface area contributed by atoms with E-state index in [1.165, 1.54) is 0 Å². The van der Waals surface area contributed by atoms with Gasteiger partial charge in [-0.2, -0.15) is 0 Å². The zero-order chi connectivity index (χ0) is 10.4. The van der Waals surface area contributed by atoms with Gasteiger partial charge in [0.15, 0.2) is 0 Å². The van der Waals surface area contributed by atoms with Gasteiger partial charge in [0, 0.05) is 19.6 Å². The summed E-state index contributed by atoms with van der Waals surface area (Å²) in [7, 11) is 0. The molecule has 0 aromatic rings. The lowest BCUT2D eigenvalue weighted by atomic mass is 10.2. The number of carbonyl (C=O) groups is 1. The number of nitrogens with two attached hydrogens (primary N) is 1. The van der Waals surface area contributed by atoms with E-state index in [9.17, 15) is 9.28 Å². The zero-order valence-electron chi connectivity index (χ0n) is 7.74. The molecule has 0 unspecified atom stereocenters. The van der Waals surface area contributed by atoms with Gasteiger partial charge in [0.1, 0.15) is 0 Å². The molecule has 0 spiro atoms. The second kappa shape index (κ2) is 5.21. The summed E-state index contributed by atoms with van der Waals surface area (Å²) in [6, 6.07) is 0. The Labute approximate surface area is 81.4 Å². The van der Waals surface area contributed by atoms with Crippen molar-refractivity contribution in [3.8, 4) is 0 Å². The quantitative estimate of drug-likeness (QED) is 0.212. The van der Waals surface area contributed by atoms with Crippen LogP contribution < -0.4 is 11.1 Å². The topological polar surface area (TPSA) is 70.7 Å². The molecule has 1 aliphatic rings. The lowest BCUT2D eigenvalue weighted by molar-refractivity contribution is -0.109. The predicted molar refractivity (Wildman–Crippen MR) is 51.1 cm³/mol. The fraction of sp³-hybridized carbons (Fsp3) is 0.500. The SMILES string of the molecule is N/C(=N\F)N1CC=C(CCNC=O)C1. The summed E-state index contributed by atoms with van der Waals surface area (Å²) in [6.07, 6.45) is 3.38. The van der Waals surface area contributed by atoms with Crippen LogP contribution in [0, 0.1) is 0 Å². The first kappa shape index (κ1) is 10.5. The molecule has 0 fully saturated rings. The molecule has 0 saturated heterocycles. The van der Waals surface area contributed by atoms with E-state index in [1.54, 1.807) is 4.90 Å². The molecule has 0 aromatic heterocycles. The maximum absolute atomic E-state index is 11.8. The highest BCUT2D eigenvalue weighted by atomic mass is 19.2. The number of rotatable bonds is 4. The maximum Gasteiger partial charge on any atom is 0.227 e. The van der Waals surface area contributed by atoms with Gasteiger partial charge in [-0.05, 0) is 6.42 Å². The van der Waals surface area contributed by atoms with Gasteiger partial charge in [-0.25, -0.2) is 0 Å². The van der Waals surface area contributed by atoms with Gasteiger partial charge in [0.2, 0.25) is 12.4 Å². The monoisotopic (exact) mass is 200 g/mol. The molecule has 6 heteroatoms. The Hall–Kier alpha value is -1.59. The summed E-state index contributed by atoms with van der Waals surface area (Å²) in [4.78, 5) is 11.6. The molecule has 0 aliphatic carbocycles. The van der Waals surface area contributed by atoms with E-state index in [0.29, 0.717) is 26.0 Å². The van der Waals surface area contributed by atoms with Gasteiger partial charge in [0.05, 0.1) is 0 Å². The molecule has 5 nitrogen and oxygen atoms in total. The van der Waals surface area contributed by atoms with E-state index in [2.05, 4.69) is 10.5 Å². The third kappa shape index (κ3) is 2.72. The van der Waals surface area contributed by atoms with Crippen molar-refractivity contribution in [3.63, 3.8) is 0 Å². The molecule has 1 amide bonds. The Balaban J connectivity index is 2.29. The second-order valence-corrected chi connectivity index (χ2v) is 3.01. The van der Waals surface area contributed by atoms with Crippen LogP contribution >= 0.6 is 0 Å². The predicted octanol–water partition coefficient (Wildman–Crippen LogP) is -0.436. The molecular weight excluding hydrogens is 187 g/mol. The van der Waals surface area contributed by atoms with Crippen LogP contribution in [0.4, 0.5) is 4.48 Å². The Morgan fingerprint density at radius 1 is 1.86 bits per heavy atom. The molecule has 3 N–H and O–H groups in total. The molecule has 1 aliphatic heterocycles. The Kier molecular flexibility index (Phi) is 3.90. The van der Waals surface area contributed by atoms with Crippen LogP contribution in [0.2, 0.25) is 0 Å².